The van der Waals surface area contributed by atoms with Gasteiger partial charge in [0.2, 0.25) is 0 Å². The molecule has 0 saturated carbocycles. The minimum Gasteiger partial charge on any atom is -0.324 e. The van der Waals surface area contributed by atoms with Gasteiger partial charge in [0.25, 0.3) is 0 Å². The molecule has 0 aromatic heterocycles. The van der Waals surface area contributed by atoms with Crippen LogP contribution >= 0.6 is 11.8 Å². The molecule has 88 valence electrons. The Bertz CT molecular complexity index is 427. The monoisotopic (exact) mass is 243 g/mol. The molecule has 0 aliphatic rings. The standard InChI is InChI=1S/C15H17NS/c16-15(13-7-3-1-4-8-13)11-12-17-14-9-5-2-6-10-14/h1-10,15H,11-12,16H2/t15-/m0/s1. The average molecular weight is 243 g/mol. The molecule has 0 unspecified atom stereocenters. The molecule has 2 rings (SSSR count). The van der Waals surface area contributed by atoms with Crippen LogP contribution < -0.4 is 5.73 Å². The van der Waals surface area contributed by atoms with Crippen LogP contribution in [0.3, 0.4) is 0 Å². The van der Waals surface area contributed by atoms with E-state index in [2.05, 4.69) is 36.4 Å². The van der Waals surface area contributed by atoms with E-state index in [-0.39, 0.29) is 6.04 Å². The number of hydrogen-bond donors (Lipinski definition) is 1. The summed E-state index contributed by atoms with van der Waals surface area (Å²) >= 11 is 1.86. The van der Waals surface area contributed by atoms with Gasteiger partial charge in [-0.15, -0.1) is 11.8 Å². The van der Waals surface area contributed by atoms with E-state index in [0.29, 0.717) is 0 Å². The summed E-state index contributed by atoms with van der Waals surface area (Å²) in [5.41, 5.74) is 7.37. The second-order valence-electron chi connectivity index (χ2n) is 3.97. The van der Waals surface area contributed by atoms with Gasteiger partial charge < -0.3 is 5.73 Å². The number of benzene rings is 2. The Morgan fingerprint density at radius 1 is 0.882 bits per heavy atom. The van der Waals surface area contributed by atoms with Gasteiger partial charge in [0.15, 0.2) is 0 Å². The fraction of sp³-hybridized carbons (Fsp3) is 0.200. The highest BCUT2D eigenvalue weighted by molar-refractivity contribution is 7.99. The zero-order valence-corrected chi connectivity index (χ0v) is 10.6. The molecule has 0 aliphatic carbocycles. The highest BCUT2D eigenvalue weighted by Gasteiger charge is 2.04. The zero-order chi connectivity index (χ0) is 11.9. The second kappa shape index (κ2) is 6.48. The largest absolute Gasteiger partial charge is 0.324 e. The summed E-state index contributed by atoms with van der Waals surface area (Å²) < 4.78 is 0. The lowest BCUT2D eigenvalue weighted by atomic mass is 10.1. The van der Waals surface area contributed by atoms with E-state index in [0.717, 1.165) is 12.2 Å². The molecule has 0 bridgehead atoms. The van der Waals surface area contributed by atoms with Gasteiger partial charge in [-0.25, -0.2) is 0 Å². The zero-order valence-electron chi connectivity index (χ0n) is 9.75. The molecule has 0 aliphatic heterocycles. The van der Waals surface area contributed by atoms with Crippen LogP contribution in [0.2, 0.25) is 0 Å². The molecule has 0 spiro atoms. The molecule has 2 N–H and O–H groups in total. The van der Waals surface area contributed by atoms with Crippen LogP contribution in [0.4, 0.5) is 0 Å². The molecule has 0 saturated heterocycles. The molecular weight excluding hydrogens is 226 g/mol. The molecule has 2 aromatic rings. The number of rotatable bonds is 5. The SMILES string of the molecule is N[C@@H](CCSc1ccccc1)c1ccccc1. The maximum Gasteiger partial charge on any atom is 0.0302 e. The van der Waals surface area contributed by atoms with E-state index in [1.807, 2.05) is 36.0 Å². The highest BCUT2D eigenvalue weighted by atomic mass is 32.2. The van der Waals surface area contributed by atoms with Crippen molar-refractivity contribution in [2.45, 2.75) is 17.4 Å². The molecule has 1 atom stereocenters. The van der Waals surface area contributed by atoms with Gasteiger partial charge in [0.1, 0.15) is 0 Å². The van der Waals surface area contributed by atoms with Crippen molar-refractivity contribution in [2.24, 2.45) is 5.73 Å². The van der Waals surface area contributed by atoms with E-state index < -0.39 is 0 Å². The number of nitrogens with two attached hydrogens (primary N) is 1. The van der Waals surface area contributed by atoms with E-state index in [1.54, 1.807) is 0 Å². The van der Waals surface area contributed by atoms with Crippen LogP contribution in [0.15, 0.2) is 65.6 Å². The van der Waals surface area contributed by atoms with Crippen molar-refractivity contribution in [1.29, 1.82) is 0 Å². The average Bonchev–Trinajstić information content (AvgIpc) is 2.41. The van der Waals surface area contributed by atoms with Crippen LogP contribution in [0.1, 0.15) is 18.0 Å². The first kappa shape index (κ1) is 12.2. The first-order chi connectivity index (χ1) is 8.36. The lowest BCUT2D eigenvalue weighted by Crippen LogP contribution is -2.10. The van der Waals surface area contributed by atoms with Crippen molar-refractivity contribution < 1.29 is 0 Å². The van der Waals surface area contributed by atoms with Crippen molar-refractivity contribution in [1.82, 2.24) is 0 Å². The van der Waals surface area contributed by atoms with Gasteiger partial charge in [0, 0.05) is 10.9 Å². The molecule has 2 aromatic carbocycles. The Morgan fingerprint density at radius 3 is 2.12 bits per heavy atom. The Morgan fingerprint density at radius 2 is 1.47 bits per heavy atom. The Kier molecular flexibility index (Phi) is 4.65. The van der Waals surface area contributed by atoms with Crippen molar-refractivity contribution in [3.63, 3.8) is 0 Å². The van der Waals surface area contributed by atoms with Gasteiger partial charge in [-0.3, -0.25) is 0 Å². The van der Waals surface area contributed by atoms with Crippen LogP contribution in [0.5, 0.6) is 0 Å². The topological polar surface area (TPSA) is 26.0 Å². The van der Waals surface area contributed by atoms with Gasteiger partial charge in [-0.1, -0.05) is 48.5 Å². The molecule has 0 fully saturated rings. The maximum atomic E-state index is 6.15. The van der Waals surface area contributed by atoms with Crippen molar-refractivity contribution >= 4 is 11.8 Å². The number of thioether (sulfide) groups is 1. The Labute approximate surface area is 107 Å². The fourth-order valence-corrected chi connectivity index (χ4v) is 2.64. The summed E-state index contributed by atoms with van der Waals surface area (Å²) in [5.74, 6) is 1.06. The van der Waals surface area contributed by atoms with E-state index >= 15 is 0 Å². The van der Waals surface area contributed by atoms with E-state index in [9.17, 15) is 0 Å². The normalized spacial score (nSPS) is 12.3. The molecule has 0 radical (unpaired) electrons. The highest BCUT2D eigenvalue weighted by Crippen LogP contribution is 2.22. The summed E-state index contributed by atoms with van der Waals surface area (Å²) in [5, 5.41) is 0. The molecular formula is C15H17NS. The van der Waals surface area contributed by atoms with Crippen molar-refractivity contribution in [3.05, 3.63) is 66.2 Å². The second-order valence-corrected chi connectivity index (χ2v) is 5.14. The third-order valence-corrected chi connectivity index (χ3v) is 3.71. The van der Waals surface area contributed by atoms with E-state index in [4.69, 9.17) is 5.73 Å². The van der Waals surface area contributed by atoms with Crippen LogP contribution in [0, 0.1) is 0 Å². The van der Waals surface area contributed by atoms with Gasteiger partial charge >= 0.3 is 0 Å². The maximum absolute atomic E-state index is 6.15. The molecule has 1 nitrogen and oxygen atoms in total. The third kappa shape index (κ3) is 3.91. The van der Waals surface area contributed by atoms with Gasteiger partial charge in [-0.05, 0) is 29.9 Å². The fourth-order valence-electron chi connectivity index (χ4n) is 1.69. The van der Waals surface area contributed by atoms with Crippen molar-refractivity contribution in [3.8, 4) is 0 Å². The minimum absolute atomic E-state index is 0.146. The quantitative estimate of drug-likeness (QED) is 0.807. The van der Waals surface area contributed by atoms with Crippen LogP contribution in [-0.4, -0.2) is 5.75 Å². The van der Waals surface area contributed by atoms with Gasteiger partial charge in [-0.2, -0.15) is 0 Å². The summed E-state index contributed by atoms with van der Waals surface area (Å²) in [7, 11) is 0. The molecule has 2 heteroatoms. The summed E-state index contributed by atoms with van der Waals surface area (Å²) in [4.78, 5) is 1.31. The Balaban J connectivity index is 1.79. The summed E-state index contributed by atoms with van der Waals surface area (Å²) in [6.07, 6.45) is 1.00. The molecule has 0 heterocycles. The third-order valence-electron chi connectivity index (χ3n) is 2.67. The minimum atomic E-state index is 0.146. The predicted molar refractivity (Wildman–Crippen MR) is 75.2 cm³/mol. The lowest BCUT2D eigenvalue weighted by molar-refractivity contribution is 0.705. The summed E-state index contributed by atoms with van der Waals surface area (Å²) in [6, 6.07) is 20.9. The van der Waals surface area contributed by atoms with Crippen LogP contribution in [0.25, 0.3) is 0 Å². The number of hydrogen-bond acceptors (Lipinski definition) is 2. The lowest BCUT2D eigenvalue weighted by Gasteiger charge is -2.11. The Hall–Kier alpha value is -1.25. The van der Waals surface area contributed by atoms with Gasteiger partial charge in [0.05, 0.1) is 0 Å². The predicted octanol–water partition coefficient (Wildman–Crippen LogP) is 3.87. The first-order valence-electron chi connectivity index (χ1n) is 5.84. The molecule has 0 amide bonds. The van der Waals surface area contributed by atoms with E-state index in [1.165, 1.54) is 10.5 Å². The van der Waals surface area contributed by atoms with Crippen LogP contribution in [-0.2, 0) is 0 Å². The van der Waals surface area contributed by atoms with Crippen molar-refractivity contribution in [2.75, 3.05) is 5.75 Å². The molecule has 17 heavy (non-hydrogen) atoms. The smallest absolute Gasteiger partial charge is 0.0302 e. The first-order valence-corrected chi connectivity index (χ1v) is 6.83. The summed E-state index contributed by atoms with van der Waals surface area (Å²) in [6.45, 7) is 0.